The van der Waals surface area contributed by atoms with Crippen LogP contribution >= 0.6 is 11.3 Å². The van der Waals surface area contributed by atoms with Crippen LogP contribution < -0.4 is 15.4 Å². The number of carbonyl (C=O) groups is 2. The molecule has 8 nitrogen and oxygen atoms in total. The fourth-order valence-corrected chi connectivity index (χ4v) is 5.73. The average Bonchev–Trinajstić information content (AvgIpc) is 3.62. The van der Waals surface area contributed by atoms with Gasteiger partial charge < -0.3 is 20.3 Å². The molecule has 36 heavy (non-hydrogen) atoms. The number of fused-ring (bicyclic) bond motifs is 1. The van der Waals surface area contributed by atoms with E-state index in [1.807, 2.05) is 41.3 Å². The third kappa shape index (κ3) is 5.34. The number of nitriles is 1. The van der Waals surface area contributed by atoms with Crippen LogP contribution in [0.1, 0.15) is 39.6 Å². The van der Waals surface area contributed by atoms with Crippen LogP contribution in [0.2, 0.25) is 0 Å². The number of benzene rings is 1. The second-order valence-corrected chi connectivity index (χ2v) is 10.2. The number of ether oxygens (including phenoxy) is 1. The minimum absolute atomic E-state index is 0.0101. The smallest absolute Gasteiger partial charge is 0.317 e. The van der Waals surface area contributed by atoms with E-state index >= 15 is 0 Å². The Morgan fingerprint density at radius 1 is 1.28 bits per heavy atom. The van der Waals surface area contributed by atoms with Crippen molar-refractivity contribution in [2.24, 2.45) is 5.92 Å². The Morgan fingerprint density at radius 2 is 2.17 bits per heavy atom. The number of amides is 3. The molecule has 2 aromatic heterocycles. The third-order valence-electron chi connectivity index (χ3n) is 6.65. The molecule has 1 aliphatic heterocycles. The predicted octanol–water partition coefficient (Wildman–Crippen LogP) is 4.08. The summed E-state index contributed by atoms with van der Waals surface area (Å²) in [6, 6.07) is 15.3. The van der Waals surface area contributed by atoms with Gasteiger partial charge in [-0.25, -0.2) is 4.79 Å². The van der Waals surface area contributed by atoms with Crippen molar-refractivity contribution in [3.63, 3.8) is 0 Å². The van der Waals surface area contributed by atoms with E-state index in [2.05, 4.69) is 21.7 Å². The Kier molecular flexibility index (Phi) is 6.87. The summed E-state index contributed by atoms with van der Waals surface area (Å²) in [5.41, 5.74) is 3.63. The predicted molar refractivity (Wildman–Crippen MR) is 137 cm³/mol. The van der Waals surface area contributed by atoms with E-state index in [-0.39, 0.29) is 23.8 Å². The Morgan fingerprint density at radius 3 is 2.94 bits per heavy atom. The Hall–Kier alpha value is -3.90. The van der Waals surface area contributed by atoms with Crippen molar-refractivity contribution in [2.75, 3.05) is 25.5 Å². The molecule has 2 N–H and O–H groups in total. The summed E-state index contributed by atoms with van der Waals surface area (Å²) < 4.78 is 5.30. The van der Waals surface area contributed by atoms with Crippen LogP contribution in [0.4, 0.5) is 9.80 Å². The highest BCUT2D eigenvalue weighted by Gasteiger charge is 2.44. The van der Waals surface area contributed by atoms with Gasteiger partial charge >= 0.3 is 6.03 Å². The summed E-state index contributed by atoms with van der Waals surface area (Å²) in [5.74, 6) is 0.589. The molecule has 2 unspecified atom stereocenters. The highest BCUT2D eigenvalue weighted by Crippen LogP contribution is 2.49. The maximum absolute atomic E-state index is 12.9. The van der Waals surface area contributed by atoms with Gasteiger partial charge in [-0.3, -0.25) is 9.78 Å². The molecule has 1 fully saturated rings. The number of nitrogens with zero attached hydrogens (tertiary/aromatic N) is 3. The zero-order chi connectivity index (χ0) is 25.1. The van der Waals surface area contributed by atoms with E-state index in [0.717, 1.165) is 34.0 Å². The molecule has 0 saturated heterocycles. The van der Waals surface area contributed by atoms with E-state index in [4.69, 9.17) is 4.74 Å². The number of hydrogen-bond donors (Lipinski definition) is 2. The number of carbonyl (C=O) groups excluding carboxylic acids is 2. The van der Waals surface area contributed by atoms with Gasteiger partial charge in [-0.2, -0.15) is 5.26 Å². The van der Waals surface area contributed by atoms with E-state index in [0.29, 0.717) is 37.4 Å². The number of rotatable bonds is 7. The number of hydrogen-bond acceptors (Lipinski definition) is 6. The van der Waals surface area contributed by atoms with Gasteiger partial charge in [0.05, 0.1) is 30.3 Å². The molecule has 0 bridgehead atoms. The summed E-state index contributed by atoms with van der Waals surface area (Å²) in [5, 5.41) is 16.1. The van der Waals surface area contributed by atoms with Crippen LogP contribution in [0.25, 0.3) is 0 Å². The molecule has 0 radical (unpaired) electrons. The topological polar surface area (TPSA) is 107 Å². The Labute approximate surface area is 213 Å². The Bertz CT molecular complexity index is 1320. The van der Waals surface area contributed by atoms with E-state index in [1.54, 1.807) is 19.4 Å². The van der Waals surface area contributed by atoms with Crippen molar-refractivity contribution in [2.45, 2.75) is 31.7 Å². The van der Waals surface area contributed by atoms with Gasteiger partial charge in [0.1, 0.15) is 5.75 Å². The average molecular weight is 502 g/mol. The first-order chi connectivity index (χ1) is 17.5. The van der Waals surface area contributed by atoms with Gasteiger partial charge in [-0.15, -0.1) is 11.3 Å². The molecule has 184 valence electrons. The van der Waals surface area contributed by atoms with Gasteiger partial charge in [0.25, 0.3) is 0 Å². The third-order valence-corrected chi connectivity index (χ3v) is 7.73. The first kappa shape index (κ1) is 23.8. The van der Waals surface area contributed by atoms with Crippen molar-refractivity contribution in [1.82, 2.24) is 15.2 Å². The van der Waals surface area contributed by atoms with Gasteiger partial charge in [-0.1, -0.05) is 6.07 Å². The molecule has 9 heteroatoms. The second kappa shape index (κ2) is 10.4. The zero-order valence-corrected chi connectivity index (χ0v) is 20.8. The first-order valence-corrected chi connectivity index (χ1v) is 12.8. The fraction of sp³-hybridized carbons (Fsp3) is 0.333. The maximum atomic E-state index is 12.9. The lowest BCUT2D eigenvalue weighted by Gasteiger charge is -2.26. The molecule has 2 atom stereocenters. The molecule has 1 saturated carbocycles. The number of methoxy groups -OCH3 is 1. The fourth-order valence-electron chi connectivity index (χ4n) is 4.60. The molecule has 5 rings (SSSR count). The van der Waals surface area contributed by atoms with Crippen LogP contribution in [0.3, 0.4) is 0 Å². The largest absolute Gasteiger partial charge is 0.497 e. The highest BCUT2D eigenvalue weighted by atomic mass is 32.1. The molecular formula is C27H27N5O3S. The second-order valence-electron chi connectivity index (χ2n) is 9.08. The highest BCUT2D eigenvalue weighted by molar-refractivity contribution is 7.16. The van der Waals surface area contributed by atoms with Crippen molar-refractivity contribution in [3.05, 3.63) is 75.9 Å². The molecule has 2 aliphatic rings. The quantitative estimate of drug-likeness (QED) is 0.507. The van der Waals surface area contributed by atoms with Crippen LogP contribution in [-0.2, 0) is 24.2 Å². The molecule has 3 aromatic rings. The number of pyridine rings is 1. The summed E-state index contributed by atoms with van der Waals surface area (Å²) >= 11 is 1.53. The SMILES string of the molecule is COc1cc(C#N)cc(C2CC2C(=O)Nc2cc3c(s2)CN(C(=O)NCCc2ccccn2)CC3)c1. The minimum Gasteiger partial charge on any atom is -0.497 e. The van der Waals surface area contributed by atoms with Crippen LogP contribution in [0.5, 0.6) is 5.75 Å². The number of nitrogens with one attached hydrogen (secondary N) is 2. The summed E-state index contributed by atoms with van der Waals surface area (Å²) in [6.07, 6.45) is 3.96. The van der Waals surface area contributed by atoms with Crippen LogP contribution in [-0.4, -0.2) is 42.0 Å². The van der Waals surface area contributed by atoms with Gasteiger partial charge in [-0.05, 0) is 66.3 Å². The normalized spacial score (nSPS) is 18.1. The van der Waals surface area contributed by atoms with E-state index in [9.17, 15) is 14.9 Å². The van der Waals surface area contributed by atoms with Crippen molar-refractivity contribution in [3.8, 4) is 11.8 Å². The molecule has 1 aliphatic carbocycles. The van der Waals surface area contributed by atoms with Crippen molar-refractivity contribution >= 4 is 28.3 Å². The molecule has 3 amide bonds. The number of aromatic nitrogens is 1. The van der Waals surface area contributed by atoms with Gasteiger partial charge in [0, 0.05) is 42.2 Å². The monoisotopic (exact) mass is 501 g/mol. The molecule has 3 heterocycles. The van der Waals surface area contributed by atoms with Gasteiger partial charge in [0.2, 0.25) is 5.91 Å². The number of anilines is 1. The first-order valence-electron chi connectivity index (χ1n) is 12.0. The number of urea groups is 1. The standard InChI is InChI=1S/C27H27N5O3S/c1-35-21-11-17(15-28)10-19(12-21)22-14-23(22)26(33)31-25-13-18-6-9-32(16-24(18)36-25)27(34)30-8-5-20-4-2-3-7-29-20/h2-4,7,10-13,22-23H,5-6,8-9,14,16H2,1H3,(H,30,34)(H,31,33). The van der Waals surface area contributed by atoms with Crippen molar-refractivity contribution in [1.29, 1.82) is 5.26 Å². The zero-order valence-electron chi connectivity index (χ0n) is 20.0. The lowest BCUT2D eigenvalue weighted by molar-refractivity contribution is -0.117. The van der Waals surface area contributed by atoms with E-state index in [1.165, 1.54) is 16.9 Å². The molecule has 0 spiro atoms. The Balaban J connectivity index is 1.14. The maximum Gasteiger partial charge on any atom is 0.317 e. The summed E-state index contributed by atoms with van der Waals surface area (Å²) in [4.78, 5) is 32.8. The minimum atomic E-state index is -0.121. The summed E-state index contributed by atoms with van der Waals surface area (Å²) in [6.45, 7) is 1.73. The van der Waals surface area contributed by atoms with Gasteiger partial charge in [0.15, 0.2) is 0 Å². The van der Waals surface area contributed by atoms with E-state index < -0.39 is 0 Å². The summed E-state index contributed by atoms with van der Waals surface area (Å²) in [7, 11) is 1.57. The molecular weight excluding hydrogens is 474 g/mol. The molecule has 1 aromatic carbocycles. The van der Waals surface area contributed by atoms with Crippen molar-refractivity contribution < 1.29 is 14.3 Å². The van der Waals surface area contributed by atoms with Crippen LogP contribution in [0.15, 0.2) is 48.7 Å². The lowest BCUT2D eigenvalue weighted by atomic mass is 10.1. The number of thiophene rings is 1. The van der Waals surface area contributed by atoms with Crippen LogP contribution in [0, 0.1) is 17.2 Å². The lowest BCUT2D eigenvalue weighted by Crippen LogP contribution is -2.43.